The Hall–Kier alpha value is -3.89. The highest BCUT2D eigenvalue weighted by Gasteiger charge is 2.31. The molecule has 11 heteroatoms. The van der Waals surface area contributed by atoms with Crippen LogP contribution in [0.2, 0.25) is 0 Å². The fraction of sp³-hybridized carbons (Fsp3) is 0.333. The van der Waals surface area contributed by atoms with E-state index in [4.69, 9.17) is 9.47 Å². The van der Waals surface area contributed by atoms with Crippen molar-refractivity contribution in [1.29, 1.82) is 0 Å². The van der Waals surface area contributed by atoms with Gasteiger partial charge in [0.2, 0.25) is 0 Å². The summed E-state index contributed by atoms with van der Waals surface area (Å²) in [6, 6.07) is 7.96. The summed E-state index contributed by atoms with van der Waals surface area (Å²) in [5, 5.41) is 5.27. The smallest absolute Gasteiger partial charge is 0.416 e. The molecule has 0 radical (unpaired) electrons. The van der Waals surface area contributed by atoms with Crippen LogP contribution in [0.25, 0.3) is 11.3 Å². The van der Waals surface area contributed by atoms with E-state index in [2.05, 4.69) is 25.6 Å². The van der Waals surface area contributed by atoms with Crippen LogP contribution in [0.15, 0.2) is 55.0 Å². The Kier molecular flexibility index (Phi) is 7.33. The van der Waals surface area contributed by atoms with Gasteiger partial charge in [-0.25, -0.2) is 9.78 Å². The highest BCUT2D eigenvalue weighted by Crippen LogP contribution is 2.35. The molecule has 2 heterocycles. The molecule has 2 N–H and O–H groups in total. The summed E-state index contributed by atoms with van der Waals surface area (Å²) >= 11 is 0. The van der Waals surface area contributed by atoms with E-state index in [1.807, 2.05) is 12.1 Å². The third kappa shape index (κ3) is 6.37. The summed E-state index contributed by atoms with van der Waals surface area (Å²) in [4.78, 5) is 25.2. The Morgan fingerprint density at radius 3 is 2.57 bits per heavy atom. The van der Waals surface area contributed by atoms with E-state index in [-0.39, 0.29) is 29.6 Å². The van der Waals surface area contributed by atoms with Gasteiger partial charge in [-0.3, -0.25) is 4.98 Å². The molecule has 184 valence electrons. The molecule has 1 saturated carbocycles. The third-order valence-corrected chi connectivity index (χ3v) is 5.65. The van der Waals surface area contributed by atoms with Gasteiger partial charge in [0, 0.05) is 30.2 Å². The number of aromatic nitrogens is 3. The second-order valence-electron chi connectivity index (χ2n) is 8.07. The van der Waals surface area contributed by atoms with Crippen molar-refractivity contribution < 1.29 is 27.4 Å². The first-order valence-corrected chi connectivity index (χ1v) is 11.0. The molecule has 0 aliphatic heterocycles. The molecule has 0 saturated heterocycles. The number of alkyl halides is 3. The minimum absolute atomic E-state index is 0.0532. The number of rotatable bonds is 6. The van der Waals surface area contributed by atoms with Crippen molar-refractivity contribution in [2.24, 2.45) is 0 Å². The van der Waals surface area contributed by atoms with Gasteiger partial charge in [-0.2, -0.15) is 18.2 Å². The number of ether oxygens (including phenoxy) is 2. The summed E-state index contributed by atoms with van der Waals surface area (Å²) in [5.41, 5.74) is 0.639. The van der Waals surface area contributed by atoms with Crippen LogP contribution >= 0.6 is 0 Å². The molecule has 0 bridgehead atoms. The number of halogens is 3. The highest BCUT2D eigenvalue weighted by molar-refractivity contribution is 5.91. The first-order chi connectivity index (χ1) is 16.8. The summed E-state index contributed by atoms with van der Waals surface area (Å²) in [6.07, 6.45) is 3.00. The number of urea groups is 1. The maximum Gasteiger partial charge on any atom is 0.416 e. The van der Waals surface area contributed by atoms with E-state index >= 15 is 0 Å². The monoisotopic (exact) mass is 487 g/mol. The molecule has 1 aliphatic rings. The molecular weight excluding hydrogens is 463 g/mol. The molecule has 2 amide bonds. The second kappa shape index (κ2) is 10.6. The quantitative estimate of drug-likeness (QED) is 0.503. The van der Waals surface area contributed by atoms with Gasteiger partial charge in [0.25, 0.3) is 0 Å². The minimum atomic E-state index is -4.53. The van der Waals surface area contributed by atoms with Crippen molar-refractivity contribution in [3.63, 3.8) is 0 Å². The summed E-state index contributed by atoms with van der Waals surface area (Å²) < 4.78 is 50.1. The zero-order chi connectivity index (χ0) is 24.8. The van der Waals surface area contributed by atoms with Crippen molar-refractivity contribution in [1.82, 2.24) is 20.3 Å². The number of pyridine rings is 1. The normalized spacial score (nSPS) is 17.9. The van der Waals surface area contributed by atoms with Gasteiger partial charge < -0.3 is 20.1 Å². The summed E-state index contributed by atoms with van der Waals surface area (Å²) in [6.45, 7) is 0. The van der Waals surface area contributed by atoms with Crippen LogP contribution in [-0.2, 0) is 6.18 Å². The lowest BCUT2D eigenvalue weighted by atomic mass is 9.93. The van der Waals surface area contributed by atoms with Gasteiger partial charge in [0.1, 0.15) is 11.9 Å². The SMILES string of the molecule is COc1ccc(C(F)(F)F)cc1NC(=O)NC1CCC(Oc2nccc(-c3cccnc3)n2)CC1. The van der Waals surface area contributed by atoms with Crippen LogP contribution in [-0.4, -0.2) is 40.2 Å². The standard InChI is InChI=1S/C24H24F3N5O3/c1-34-21-9-4-16(24(25,26)27)13-20(21)31-22(33)30-17-5-7-18(8-6-17)35-23-29-12-10-19(32-23)15-3-2-11-28-14-15/h2-4,9-14,17-18H,5-8H2,1H3,(H2,30,31,33). The molecule has 1 fully saturated rings. The molecule has 3 aromatic rings. The van der Waals surface area contributed by atoms with E-state index in [0.717, 1.165) is 17.7 Å². The molecular formula is C24H24F3N5O3. The van der Waals surface area contributed by atoms with Crippen LogP contribution in [0.5, 0.6) is 11.8 Å². The van der Waals surface area contributed by atoms with Crippen LogP contribution in [0.4, 0.5) is 23.7 Å². The van der Waals surface area contributed by atoms with Crippen LogP contribution in [0.1, 0.15) is 31.2 Å². The number of hydrogen-bond donors (Lipinski definition) is 2. The van der Waals surface area contributed by atoms with E-state index in [1.165, 1.54) is 13.2 Å². The van der Waals surface area contributed by atoms with Gasteiger partial charge in [-0.05, 0) is 62.1 Å². The van der Waals surface area contributed by atoms with Crippen molar-refractivity contribution in [3.05, 3.63) is 60.6 Å². The maximum atomic E-state index is 13.0. The number of carbonyl (C=O) groups is 1. The number of amides is 2. The Morgan fingerprint density at radius 2 is 1.89 bits per heavy atom. The third-order valence-electron chi connectivity index (χ3n) is 5.65. The molecule has 35 heavy (non-hydrogen) atoms. The Balaban J connectivity index is 1.30. The Bertz CT molecular complexity index is 1150. The zero-order valence-corrected chi connectivity index (χ0v) is 18.9. The van der Waals surface area contributed by atoms with E-state index in [9.17, 15) is 18.0 Å². The Labute approximate surface area is 199 Å². The number of methoxy groups -OCH3 is 1. The number of benzene rings is 1. The van der Waals surface area contributed by atoms with Gasteiger partial charge in [-0.15, -0.1) is 0 Å². The van der Waals surface area contributed by atoms with E-state index < -0.39 is 17.8 Å². The lowest BCUT2D eigenvalue weighted by Crippen LogP contribution is -2.41. The Morgan fingerprint density at radius 1 is 1.09 bits per heavy atom. The number of nitrogens with one attached hydrogen (secondary N) is 2. The molecule has 8 nitrogen and oxygen atoms in total. The van der Waals surface area contributed by atoms with Crippen molar-refractivity contribution >= 4 is 11.7 Å². The molecule has 0 atom stereocenters. The fourth-order valence-electron chi connectivity index (χ4n) is 3.87. The maximum absolute atomic E-state index is 13.0. The number of nitrogens with zero attached hydrogens (tertiary/aromatic N) is 3. The van der Waals surface area contributed by atoms with E-state index in [0.29, 0.717) is 31.4 Å². The number of hydrogen-bond acceptors (Lipinski definition) is 6. The van der Waals surface area contributed by atoms with E-state index in [1.54, 1.807) is 24.7 Å². The van der Waals surface area contributed by atoms with Crippen molar-refractivity contribution in [2.45, 2.75) is 44.0 Å². The van der Waals surface area contributed by atoms with Crippen LogP contribution < -0.4 is 20.1 Å². The molecule has 2 aromatic heterocycles. The number of carbonyl (C=O) groups excluding carboxylic acids is 1. The van der Waals surface area contributed by atoms with Crippen molar-refractivity contribution in [2.75, 3.05) is 12.4 Å². The predicted octanol–water partition coefficient (Wildman–Crippen LogP) is 5.08. The highest BCUT2D eigenvalue weighted by atomic mass is 19.4. The van der Waals surface area contributed by atoms with Crippen molar-refractivity contribution in [3.8, 4) is 23.0 Å². The molecule has 0 unspecified atom stereocenters. The number of anilines is 1. The predicted molar refractivity (Wildman–Crippen MR) is 122 cm³/mol. The molecule has 4 rings (SSSR count). The largest absolute Gasteiger partial charge is 0.495 e. The molecule has 1 aliphatic carbocycles. The molecule has 1 aromatic carbocycles. The van der Waals surface area contributed by atoms with Gasteiger partial charge >= 0.3 is 18.2 Å². The van der Waals surface area contributed by atoms with Crippen LogP contribution in [0.3, 0.4) is 0 Å². The topological polar surface area (TPSA) is 98.3 Å². The second-order valence-corrected chi connectivity index (χ2v) is 8.07. The average molecular weight is 487 g/mol. The van der Waals surface area contributed by atoms with Gasteiger partial charge in [-0.1, -0.05) is 0 Å². The fourth-order valence-corrected chi connectivity index (χ4v) is 3.87. The minimum Gasteiger partial charge on any atom is -0.495 e. The summed E-state index contributed by atoms with van der Waals surface area (Å²) in [7, 11) is 1.32. The lowest BCUT2D eigenvalue weighted by molar-refractivity contribution is -0.137. The van der Waals surface area contributed by atoms with Gasteiger partial charge in [0.15, 0.2) is 0 Å². The summed E-state index contributed by atoms with van der Waals surface area (Å²) in [5.74, 6) is 0.138. The lowest BCUT2D eigenvalue weighted by Gasteiger charge is -2.29. The first kappa shape index (κ1) is 24.2. The molecule has 0 spiro atoms. The zero-order valence-electron chi connectivity index (χ0n) is 18.9. The average Bonchev–Trinajstić information content (AvgIpc) is 2.85. The van der Waals surface area contributed by atoms with Gasteiger partial charge in [0.05, 0.1) is 24.1 Å². The first-order valence-electron chi connectivity index (χ1n) is 11.0. The van der Waals surface area contributed by atoms with Crippen LogP contribution in [0, 0.1) is 0 Å².